The molecule has 0 radical (unpaired) electrons. The molecule has 0 aliphatic carbocycles. The second kappa shape index (κ2) is 12.2. The molecule has 1 unspecified atom stereocenters. The lowest BCUT2D eigenvalue weighted by atomic mass is 9.99. The summed E-state index contributed by atoms with van der Waals surface area (Å²) in [6.07, 6.45) is 8.37. The van der Waals surface area contributed by atoms with Gasteiger partial charge in [-0.2, -0.15) is 5.10 Å². The number of benzene rings is 2. The van der Waals surface area contributed by atoms with Crippen LogP contribution in [-0.2, 0) is 4.79 Å². The number of hydrogen-bond acceptors (Lipinski definition) is 5. The number of hydrogen-bond donors (Lipinski definition) is 0. The zero-order valence-electron chi connectivity index (χ0n) is 20.7. The molecule has 2 heterocycles. The molecule has 0 bridgehead atoms. The Balaban J connectivity index is 1.70. The molecule has 8 heteroatoms. The molecule has 1 amide bonds. The van der Waals surface area contributed by atoms with Crippen LogP contribution in [0.25, 0.3) is 23.0 Å². The van der Waals surface area contributed by atoms with E-state index in [0.717, 1.165) is 52.0 Å². The summed E-state index contributed by atoms with van der Waals surface area (Å²) in [5, 5.41) is 4.89. The number of methoxy groups -OCH3 is 1. The van der Waals surface area contributed by atoms with Gasteiger partial charge >= 0.3 is 0 Å². The molecule has 1 fully saturated rings. The van der Waals surface area contributed by atoms with E-state index in [1.165, 1.54) is 18.2 Å². The Morgan fingerprint density at radius 3 is 2.64 bits per heavy atom. The second-order valence-corrected chi connectivity index (χ2v) is 11.3. The number of carbonyl (C=O) groups is 1. The Hall–Kier alpha value is -2.42. The quantitative estimate of drug-likeness (QED) is 0.180. The predicted molar refractivity (Wildman–Crippen MR) is 156 cm³/mol. The van der Waals surface area contributed by atoms with Gasteiger partial charge in [0.25, 0.3) is 5.91 Å². The second-order valence-electron chi connectivity index (χ2n) is 8.77. The van der Waals surface area contributed by atoms with Crippen LogP contribution in [0.15, 0.2) is 64.1 Å². The lowest BCUT2D eigenvalue weighted by molar-refractivity contribution is -0.122. The summed E-state index contributed by atoms with van der Waals surface area (Å²) in [6.45, 7) is 5.06. The molecular formula is C28H30BrN3O2S2. The number of para-hydroxylation sites is 1. The fraction of sp³-hybridized carbons (Fsp3) is 0.321. The van der Waals surface area contributed by atoms with Crippen LogP contribution in [0.2, 0.25) is 0 Å². The van der Waals surface area contributed by atoms with Gasteiger partial charge in [-0.05, 0) is 64.7 Å². The number of thiocarbonyl (C=S) groups is 1. The Labute approximate surface area is 231 Å². The molecule has 1 aliphatic rings. The highest BCUT2D eigenvalue weighted by molar-refractivity contribution is 9.10. The van der Waals surface area contributed by atoms with E-state index in [0.29, 0.717) is 21.7 Å². The first-order valence-electron chi connectivity index (χ1n) is 12.2. The van der Waals surface area contributed by atoms with Crippen molar-refractivity contribution >= 4 is 56.2 Å². The topological polar surface area (TPSA) is 47.4 Å². The van der Waals surface area contributed by atoms with Gasteiger partial charge in [-0.3, -0.25) is 9.69 Å². The lowest BCUT2D eigenvalue weighted by Gasteiger charge is -2.21. The van der Waals surface area contributed by atoms with Crippen molar-refractivity contribution in [2.45, 2.75) is 39.5 Å². The number of rotatable bonds is 10. The maximum absolute atomic E-state index is 13.4. The first-order chi connectivity index (χ1) is 17.4. The standard InChI is InChI=1S/C28H30BrN3O2S2/c1-4-6-10-19(5-2)17-31-27(33)25(36-28(31)35)16-21-18-32(22-11-8-7-9-12-22)30-26(21)20-13-14-24(34-3)23(29)15-20/h7-9,11-16,18-19H,4-6,10,17H2,1-3H3/b25-16+. The highest BCUT2D eigenvalue weighted by Crippen LogP contribution is 2.37. The summed E-state index contributed by atoms with van der Waals surface area (Å²) < 4.78 is 8.71. The first kappa shape index (κ1) is 26.6. The third kappa shape index (κ3) is 5.93. The van der Waals surface area contributed by atoms with Gasteiger partial charge in [-0.1, -0.05) is 75.3 Å². The maximum atomic E-state index is 13.4. The third-order valence-electron chi connectivity index (χ3n) is 6.33. The number of aromatic nitrogens is 2. The van der Waals surface area contributed by atoms with Gasteiger partial charge in [0.05, 0.1) is 22.2 Å². The molecule has 2 aromatic carbocycles. The monoisotopic (exact) mass is 583 g/mol. The van der Waals surface area contributed by atoms with E-state index in [4.69, 9.17) is 22.1 Å². The van der Waals surface area contributed by atoms with Crippen molar-refractivity contribution in [1.82, 2.24) is 14.7 Å². The van der Waals surface area contributed by atoms with Crippen molar-refractivity contribution in [3.8, 4) is 22.7 Å². The zero-order valence-corrected chi connectivity index (χ0v) is 24.0. The molecule has 0 saturated carbocycles. The Morgan fingerprint density at radius 1 is 1.19 bits per heavy atom. The van der Waals surface area contributed by atoms with Crippen molar-refractivity contribution in [2.75, 3.05) is 13.7 Å². The van der Waals surface area contributed by atoms with E-state index >= 15 is 0 Å². The van der Waals surface area contributed by atoms with Crippen molar-refractivity contribution in [1.29, 1.82) is 0 Å². The first-order valence-corrected chi connectivity index (χ1v) is 14.2. The van der Waals surface area contributed by atoms with E-state index < -0.39 is 0 Å². The summed E-state index contributed by atoms with van der Waals surface area (Å²) in [6, 6.07) is 15.8. The molecule has 0 spiro atoms. The van der Waals surface area contributed by atoms with E-state index in [2.05, 4.69) is 29.8 Å². The number of nitrogens with zero attached hydrogens (tertiary/aromatic N) is 3. The van der Waals surface area contributed by atoms with Gasteiger partial charge < -0.3 is 4.74 Å². The van der Waals surface area contributed by atoms with Crippen LogP contribution in [0, 0.1) is 5.92 Å². The summed E-state index contributed by atoms with van der Waals surface area (Å²) in [4.78, 5) is 15.8. The third-order valence-corrected chi connectivity index (χ3v) is 8.33. The normalized spacial score (nSPS) is 15.7. The van der Waals surface area contributed by atoms with Crippen LogP contribution < -0.4 is 4.74 Å². The minimum atomic E-state index is -0.0192. The highest BCUT2D eigenvalue weighted by Gasteiger charge is 2.33. The zero-order chi connectivity index (χ0) is 25.7. The molecule has 188 valence electrons. The van der Waals surface area contributed by atoms with Gasteiger partial charge in [-0.25, -0.2) is 4.68 Å². The molecule has 1 aromatic heterocycles. The molecule has 1 atom stereocenters. The Kier molecular flexibility index (Phi) is 9.04. The average molecular weight is 585 g/mol. The van der Waals surface area contributed by atoms with Crippen LogP contribution >= 0.6 is 39.9 Å². The van der Waals surface area contributed by atoms with Gasteiger partial charge in [0.15, 0.2) is 0 Å². The van der Waals surface area contributed by atoms with Crippen LogP contribution in [0.4, 0.5) is 0 Å². The fourth-order valence-electron chi connectivity index (χ4n) is 4.22. The van der Waals surface area contributed by atoms with E-state index in [1.807, 2.05) is 65.5 Å². The van der Waals surface area contributed by atoms with Gasteiger partial charge in [0, 0.05) is 23.9 Å². The smallest absolute Gasteiger partial charge is 0.266 e. The number of amides is 1. The summed E-state index contributed by atoms with van der Waals surface area (Å²) in [5.74, 6) is 1.19. The van der Waals surface area contributed by atoms with Gasteiger partial charge in [0.2, 0.25) is 0 Å². The minimum absolute atomic E-state index is 0.0192. The summed E-state index contributed by atoms with van der Waals surface area (Å²) >= 11 is 10.6. The lowest BCUT2D eigenvalue weighted by Crippen LogP contribution is -2.33. The van der Waals surface area contributed by atoms with Crippen LogP contribution in [0.3, 0.4) is 0 Å². The highest BCUT2D eigenvalue weighted by atomic mass is 79.9. The van der Waals surface area contributed by atoms with Crippen LogP contribution in [0.5, 0.6) is 5.75 Å². The number of unbranched alkanes of at least 4 members (excludes halogenated alkanes) is 1. The molecule has 5 nitrogen and oxygen atoms in total. The van der Waals surface area contributed by atoms with Crippen LogP contribution in [-0.4, -0.2) is 38.6 Å². The van der Waals surface area contributed by atoms with Crippen LogP contribution in [0.1, 0.15) is 45.1 Å². The fourth-order valence-corrected chi connectivity index (χ4v) is 6.02. The maximum Gasteiger partial charge on any atom is 0.266 e. The molecule has 1 saturated heterocycles. The van der Waals surface area contributed by atoms with E-state index in [1.54, 1.807) is 12.0 Å². The summed E-state index contributed by atoms with van der Waals surface area (Å²) in [7, 11) is 1.64. The average Bonchev–Trinajstić information content (AvgIpc) is 3.43. The molecule has 3 aromatic rings. The number of thioether (sulfide) groups is 1. The molecule has 4 rings (SSSR count). The largest absolute Gasteiger partial charge is 0.496 e. The van der Waals surface area contributed by atoms with Gasteiger partial charge in [0.1, 0.15) is 15.8 Å². The molecule has 36 heavy (non-hydrogen) atoms. The summed E-state index contributed by atoms with van der Waals surface area (Å²) in [5.41, 5.74) is 3.50. The van der Waals surface area contributed by atoms with Crippen molar-refractivity contribution < 1.29 is 9.53 Å². The van der Waals surface area contributed by atoms with Crippen molar-refractivity contribution in [3.05, 3.63) is 69.7 Å². The van der Waals surface area contributed by atoms with Crippen molar-refractivity contribution in [2.24, 2.45) is 5.92 Å². The Morgan fingerprint density at radius 2 is 1.97 bits per heavy atom. The molecule has 0 N–H and O–H groups in total. The molecule has 1 aliphatic heterocycles. The SMILES string of the molecule is CCCCC(CC)CN1C(=O)/C(=C\c2cn(-c3ccccc3)nc2-c2ccc(OC)c(Br)c2)SC1=S. The van der Waals surface area contributed by atoms with E-state index in [9.17, 15) is 4.79 Å². The van der Waals surface area contributed by atoms with E-state index in [-0.39, 0.29) is 5.91 Å². The predicted octanol–water partition coefficient (Wildman–Crippen LogP) is 7.73. The number of halogens is 1. The minimum Gasteiger partial charge on any atom is -0.496 e. The Bertz CT molecular complexity index is 1270. The van der Waals surface area contributed by atoms with Gasteiger partial charge in [-0.15, -0.1) is 0 Å². The van der Waals surface area contributed by atoms with Crippen molar-refractivity contribution in [3.63, 3.8) is 0 Å². The molecular weight excluding hydrogens is 554 g/mol. The number of carbonyl (C=O) groups excluding carboxylic acids is 1. The number of ether oxygens (including phenoxy) is 1.